The third-order valence-electron chi connectivity index (χ3n) is 5.09. The van der Waals surface area contributed by atoms with E-state index in [1.807, 2.05) is 60.7 Å². The molecule has 0 aliphatic heterocycles. The molecule has 0 aliphatic carbocycles. The molecule has 0 fully saturated rings. The summed E-state index contributed by atoms with van der Waals surface area (Å²) in [5.41, 5.74) is 4.73. The van der Waals surface area contributed by atoms with Crippen LogP contribution in [0.2, 0.25) is 0 Å². The van der Waals surface area contributed by atoms with Gasteiger partial charge in [-0.15, -0.1) is 0 Å². The molecule has 0 radical (unpaired) electrons. The van der Waals surface area contributed by atoms with Gasteiger partial charge in [0.05, 0.1) is 0 Å². The summed E-state index contributed by atoms with van der Waals surface area (Å²) >= 11 is 0. The fourth-order valence-corrected chi connectivity index (χ4v) is 6.17. The molecule has 0 saturated heterocycles. The highest BCUT2D eigenvalue weighted by molar-refractivity contribution is 7.78. The second-order valence-electron chi connectivity index (χ2n) is 7.13. The van der Waals surface area contributed by atoms with E-state index < -0.39 is 7.14 Å². The van der Waals surface area contributed by atoms with Gasteiger partial charge in [-0.05, 0) is 23.6 Å². The molecule has 0 unspecified atom stereocenters. The molecule has 28 heavy (non-hydrogen) atoms. The topological polar surface area (TPSA) is 17.1 Å². The molecule has 0 N–H and O–H groups in total. The highest BCUT2D eigenvalue weighted by Crippen LogP contribution is 2.47. The first kappa shape index (κ1) is 18.5. The van der Waals surface area contributed by atoms with E-state index >= 15 is 0 Å². The van der Waals surface area contributed by atoms with Gasteiger partial charge in [0.15, 0.2) is 0 Å². The zero-order valence-electron chi connectivity index (χ0n) is 16.0. The lowest BCUT2D eigenvalue weighted by molar-refractivity contribution is 0.586. The first-order valence-electron chi connectivity index (χ1n) is 9.51. The van der Waals surface area contributed by atoms with E-state index in [0.717, 1.165) is 16.2 Å². The summed E-state index contributed by atoms with van der Waals surface area (Å²) in [6.07, 6.45) is 0.523. The average Bonchev–Trinajstić information content (AvgIpc) is 2.76. The van der Waals surface area contributed by atoms with E-state index in [4.69, 9.17) is 0 Å². The normalized spacial score (nSPS) is 11.3. The maximum absolute atomic E-state index is 14.2. The number of rotatable bonds is 5. The van der Waals surface area contributed by atoms with Crippen LogP contribution in [0.4, 0.5) is 0 Å². The van der Waals surface area contributed by atoms with Crippen molar-refractivity contribution in [3.63, 3.8) is 0 Å². The zero-order valence-corrected chi connectivity index (χ0v) is 16.8. The van der Waals surface area contributed by atoms with Crippen molar-refractivity contribution in [3.05, 3.63) is 120 Å². The van der Waals surface area contributed by atoms with Crippen molar-refractivity contribution in [3.8, 4) is 11.1 Å². The smallest absolute Gasteiger partial charge is 0.147 e. The fraction of sp³-hybridized carbons (Fsp3) is 0.0769. The van der Waals surface area contributed by atoms with Crippen LogP contribution in [0, 0.1) is 6.92 Å². The lowest BCUT2D eigenvalue weighted by Gasteiger charge is -2.19. The number of aryl methyl sites for hydroxylation is 1. The van der Waals surface area contributed by atoms with Crippen molar-refractivity contribution in [1.82, 2.24) is 0 Å². The van der Waals surface area contributed by atoms with Gasteiger partial charge in [-0.25, -0.2) is 0 Å². The van der Waals surface area contributed by atoms with Crippen LogP contribution in [-0.2, 0) is 10.7 Å². The summed E-state index contributed by atoms with van der Waals surface area (Å²) in [7, 11) is -2.74. The van der Waals surface area contributed by atoms with Gasteiger partial charge < -0.3 is 4.57 Å². The second-order valence-corrected chi connectivity index (χ2v) is 9.96. The molecule has 0 spiro atoms. The average molecular weight is 382 g/mol. The van der Waals surface area contributed by atoms with E-state index in [2.05, 4.69) is 55.5 Å². The van der Waals surface area contributed by atoms with Gasteiger partial charge in [-0.1, -0.05) is 115 Å². The molecule has 0 amide bonds. The lowest BCUT2D eigenvalue weighted by atomic mass is 10.0. The van der Waals surface area contributed by atoms with Gasteiger partial charge in [0.1, 0.15) is 7.14 Å². The first-order chi connectivity index (χ1) is 13.6. The summed E-state index contributed by atoms with van der Waals surface area (Å²) in [6.45, 7) is 2.09. The minimum atomic E-state index is -2.74. The van der Waals surface area contributed by atoms with E-state index in [0.29, 0.717) is 6.16 Å². The van der Waals surface area contributed by atoms with Crippen LogP contribution in [0.1, 0.15) is 11.1 Å². The van der Waals surface area contributed by atoms with Gasteiger partial charge in [0, 0.05) is 16.8 Å². The molecular formula is C26H23OP. The SMILES string of the molecule is Cc1ccc(-c2ccc(CP(=O)(c3ccccc3)c3ccccc3)cc2)cc1. The first-order valence-corrected chi connectivity index (χ1v) is 11.4. The number of benzene rings is 4. The zero-order chi connectivity index (χ0) is 19.4. The van der Waals surface area contributed by atoms with Crippen molar-refractivity contribution in [1.29, 1.82) is 0 Å². The van der Waals surface area contributed by atoms with Gasteiger partial charge in [0.2, 0.25) is 0 Å². The van der Waals surface area contributed by atoms with Crippen LogP contribution in [0.5, 0.6) is 0 Å². The Morgan fingerprint density at radius 1 is 0.571 bits per heavy atom. The van der Waals surface area contributed by atoms with Crippen molar-refractivity contribution >= 4 is 17.8 Å². The Balaban J connectivity index is 1.68. The summed E-state index contributed by atoms with van der Waals surface area (Å²) in [4.78, 5) is 0. The highest BCUT2D eigenvalue weighted by atomic mass is 31.2. The van der Waals surface area contributed by atoms with Crippen LogP contribution in [-0.4, -0.2) is 0 Å². The minimum absolute atomic E-state index is 0.523. The monoisotopic (exact) mass is 382 g/mol. The Kier molecular flexibility index (Phi) is 5.28. The van der Waals surface area contributed by atoms with Crippen LogP contribution in [0.3, 0.4) is 0 Å². The predicted molar refractivity (Wildman–Crippen MR) is 120 cm³/mol. The van der Waals surface area contributed by atoms with Gasteiger partial charge in [-0.2, -0.15) is 0 Å². The van der Waals surface area contributed by atoms with Gasteiger partial charge in [0.25, 0.3) is 0 Å². The molecule has 1 nitrogen and oxygen atoms in total. The van der Waals surface area contributed by atoms with E-state index in [1.165, 1.54) is 16.7 Å². The third kappa shape index (κ3) is 3.86. The Morgan fingerprint density at radius 3 is 1.46 bits per heavy atom. The van der Waals surface area contributed by atoms with Crippen LogP contribution in [0.25, 0.3) is 11.1 Å². The summed E-state index contributed by atoms with van der Waals surface area (Å²) in [6, 6.07) is 36.7. The number of hydrogen-bond acceptors (Lipinski definition) is 1. The maximum atomic E-state index is 14.2. The summed E-state index contributed by atoms with van der Waals surface area (Å²) in [5.74, 6) is 0. The molecular weight excluding hydrogens is 359 g/mol. The molecule has 2 heteroatoms. The summed E-state index contributed by atoms with van der Waals surface area (Å²) < 4.78 is 14.2. The predicted octanol–water partition coefficient (Wildman–Crippen LogP) is 6.18. The molecule has 138 valence electrons. The minimum Gasteiger partial charge on any atom is -0.313 e. The molecule has 4 aromatic carbocycles. The molecule has 4 aromatic rings. The van der Waals surface area contributed by atoms with Crippen LogP contribution < -0.4 is 10.6 Å². The van der Waals surface area contributed by atoms with E-state index in [-0.39, 0.29) is 0 Å². The maximum Gasteiger partial charge on any atom is 0.147 e. The quantitative estimate of drug-likeness (QED) is 0.377. The van der Waals surface area contributed by atoms with Gasteiger partial charge >= 0.3 is 0 Å². The lowest BCUT2D eigenvalue weighted by Crippen LogP contribution is -2.17. The fourth-order valence-electron chi connectivity index (χ4n) is 3.47. The molecule has 0 aliphatic rings. The molecule has 4 rings (SSSR count). The molecule has 0 atom stereocenters. The Labute approximate surface area is 167 Å². The van der Waals surface area contributed by atoms with Gasteiger partial charge in [-0.3, -0.25) is 0 Å². The Hall–Kier alpha value is -2.89. The molecule has 0 bridgehead atoms. The standard InChI is InChI=1S/C26H23OP/c1-21-12-16-23(17-13-21)24-18-14-22(15-19-24)20-28(27,25-8-4-2-5-9-25)26-10-6-3-7-11-26/h2-19H,20H2,1H3. The Morgan fingerprint density at radius 2 is 1.00 bits per heavy atom. The van der Waals surface area contributed by atoms with E-state index in [9.17, 15) is 4.57 Å². The van der Waals surface area contributed by atoms with Crippen molar-refractivity contribution < 1.29 is 4.57 Å². The third-order valence-corrected chi connectivity index (χ3v) is 8.17. The number of hydrogen-bond donors (Lipinski definition) is 0. The van der Waals surface area contributed by atoms with Crippen LogP contribution >= 0.6 is 7.14 Å². The molecule has 0 saturated carbocycles. The van der Waals surface area contributed by atoms with E-state index in [1.54, 1.807) is 0 Å². The van der Waals surface area contributed by atoms with Crippen LogP contribution in [0.15, 0.2) is 109 Å². The summed E-state index contributed by atoms with van der Waals surface area (Å²) in [5, 5.41) is 1.81. The molecule has 0 heterocycles. The highest BCUT2D eigenvalue weighted by Gasteiger charge is 2.27. The molecule has 0 aromatic heterocycles. The van der Waals surface area contributed by atoms with Crippen molar-refractivity contribution in [2.24, 2.45) is 0 Å². The Bertz CT molecular complexity index is 1040. The second kappa shape index (κ2) is 8.00. The largest absolute Gasteiger partial charge is 0.313 e. The van der Waals surface area contributed by atoms with Crippen molar-refractivity contribution in [2.45, 2.75) is 13.1 Å². The van der Waals surface area contributed by atoms with Crippen molar-refractivity contribution in [2.75, 3.05) is 0 Å².